The Balaban J connectivity index is 2.63. The first-order chi connectivity index (χ1) is 8.84. The molecule has 0 aliphatic heterocycles. The number of halogens is 3. The van der Waals surface area contributed by atoms with Crippen LogP contribution in [-0.2, 0) is 17.4 Å². The number of carbonyl (C=O) groups is 1. The molecule has 0 aliphatic rings. The number of hydrogen-bond acceptors (Lipinski definition) is 2. The van der Waals surface area contributed by atoms with Crippen LogP contribution in [0.25, 0.3) is 0 Å². The molecule has 0 fully saturated rings. The SMILES string of the molecule is CN(CCC#N)C(=O)Cc1ccc(C(F)(F)F)cc1. The number of carbonyl (C=O) groups excluding carboxylic acids is 1. The van der Waals surface area contributed by atoms with Gasteiger partial charge in [0.05, 0.1) is 24.5 Å². The fourth-order valence-corrected chi connectivity index (χ4v) is 1.46. The molecule has 1 amide bonds. The first-order valence-corrected chi connectivity index (χ1v) is 5.61. The molecular weight excluding hydrogens is 257 g/mol. The molecule has 1 rings (SSSR count). The third-order valence-corrected chi connectivity index (χ3v) is 2.62. The maximum absolute atomic E-state index is 12.3. The summed E-state index contributed by atoms with van der Waals surface area (Å²) in [6, 6.07) is 6.42. The smallest absolute Gasteiger partial charge is 0.344 e. The Bertz CT molecular complexity index is 474. The Morgan fingerprint density at radius 3 is 2.37 bits per heavy atom. The van der Waals surface area contributed by atoms with E-state index in [-0.39, 0.29) is 18.7 Å². The van der Waals surface area contributed by atoms with E-state index in [1.54, 1.807) is 7.05 Å². The molecule has 0 unspecified atom stereocenters. The van der Waals surface area contributed by atoms with Crippen molar-refractivity contribution in [2.75, 3.05) is 13.6 Å². The van der Waals surface area contributed by atoms with Gasteiger partial charge in [0.15, 0.2) is 0 Å². The summed E-state index contributed by atoms with van der Waals surface area (Å²) in [4.78, 5) is 13.1. The van der Waals surface area contributed by atoms with Crippen LogP contribution in [0.2, 0.25) is 0 Å². The molecule has 0 aliphatic carbocycles. The van der Waals surface area contributed by atoms with Gasteiger partial charge in [-0.15, -0.1) is 0 Å². The Morgan fingerprint density at radius 2 is 1.89 bits per heavy atom. The zero-order valence-electron chi connectivity index (χ0n) is 10.4. The average Bonchev–Trinajstić information content (AvgIpc) is 2.35. The monoisotopic (exact) mass is 270 g/mol. The van der Waals surface area contributed by atoms with Gasteiger partial charge in [-0.2, -0.15) is 18.4 Å². The number of amides is 1. The summed E-state index contributed by atoms with van der Waals surface area (Å²) in [7, 11) is 1.56. The molecule has 3 nitrogen and oxygen atoms in total. The lowest BCUT2D eigenvalue weighted by Crippen LogP contribution is -2.29. The van der Waals surface area contributed by atoms with Crippen molar-refractivity contribution in [1.82, 2.24) is 4.90 Å². The summed E-state index contributed by atoms with van der Waals surface area (Å²) in [5.74, 6) is -0.227. The number of hydrogen-bond donors (Lipinski definition) is 0. The fraction of sp³-hybridized carbons (Fsp3) is 0.385. The van der Waals surface area contributed by atoms with Crippen LogP contribution in [0.15, 0.2) is 24.3 Å². The van der Waals surface area contributed by atoms with Crippen molar-refractivity contribution in [2.24, 2.45) is 0 Å². The molecular formula is C13H13F3N2O. The highest BCUT2D eigenvalue weighted by Crippen LogP contribution is 2.29. The first kappa shape index (κ1) is 15.0. The van der Waals surface area contributed by atoms with E-state index in [1.165, 1.54) is 17.0 Å². The third kappa shape index (κ3) is 4.62. The van der Waals surface area contributed by atoms with Gasteiger partial charge in [-0.1, -0.05) is 12.1 Å². The van der Waals surface area contributed by atoms with Crippen molar-refractivity contribution in [1.29, 1.82) is 5.26 Å². The van der Waals surface area contributed by atoms with E-state index in [2.05, 4.69) is 0 Å². The lowest BCUT2D eigenvalue weighted by Gasteiger charge is -2.15. The molecule has 0 saturated heterocycles. The Labute approximate surface area is 109 Å². The normalized spacial score (nSPS) is 10.9. The molecule has 0 bridgehead atoms. The van der Waals surface area contributed by atoms with E-state index in [1.807, 2.05) is 6.07 Å². The number of benzene rings is 1. The number of rotatable bonds is 4. The summed E-state index contributed by atoms with van der Waals surface area (Å²) in [5, 5.41) is 8.40. The Morgan fingerprint density at radius 1 is 1.32 bits per heavy atom. The molecule has 0 heterocycles. The third-order valence-electron chi connectivity index (χ3n) is 2.62. The van der Waals surface area contributed by atoms with E-state index in [4.69, 9.17) is 5.26 Å². The maximum atomic E-state index is 12.3. The van der Waals surface area contributed by atoms with Crippen molar-refractivity contribution in [3.05, 3.63) is 35.4 Å². The average molecular weight is 270 g/mol. The summed E-state index contributed by atoms with van der Waals surface area (Å²) in [5.41, 5.74) is -0.219. The van der Waals surface area contributed by atoms with Crippen molar-refractivity contribution in [2.45, 2.75) is 19.0 Å². The van der Waals surface area contributed by atoms with Crippen LogP contribution < -0.4 is 0 Å². The van der Waals surface area contributed by atoms with Crippen molar-refractivity contribution in [3.63, 3.8) is 0 Å². The van der Waals surface area contributed by atoms with Gasteiger partial charge in [-0.25, -0.2) is 0 Å². The Hall–Kier alpha value is -2.03. The summed E-state index contributed by atoms with van der Waals surface area (Å²) < 4.78 is 37.0. The minimum Gasteiger partial charge on any atom is -0.344 e. The van der Waals surface area contributed by atoms with Gasteiger partial charge >= 0.3 is 6.18 Å². The summed E-state index contributed by atoms with van der Waals surface area (Å²) in [6.45, 7) is 0.315. The first-order valence-electron chi connectivity index (χ1n) is 5.61. The number of alkyl halides is 3. The molecule has 0 aromatic heterocycles. The minimum atomic E-state index is -4.37. The van der Waals surface area contributed by atoms with E-state index >= 15 is 0 Å². The van der Waals surface area contributed by atoms with E-state index in [0.717, 1.165) is 12.1 Å². The van der Waals surface area contributed by atoms with Crippen LogP contribution in [0.4, 0.5) is 13.2 Å². The van der Waals surface area contributed by atoms with Crippen LogP contribution in [0.5, 0.6) is 0 Å². The van der Waals surface area contributed by atoms with Crippen LogP contribution in [0, 0.1) is 11.3 Å². The van der Waals surface area contributed by atoms with Crippen LogP contribution >= 0.6 is 0 Å². The van der Waals surface area contributed by atoms with Crippen molar-refractivity contribution < 1.29 is 18.0 Å². The summed E-state index contributed by atoms with van der Waals surface area (Å²) in [6.07, 6.45) is -4.11. The van der Waals surface area contributed by atoms with Gasteiger partial charge in [0.1, 0.15) is 0 Å². The van der Waals surface area contributed by atoms with Gasteiger partial charge in [0.2, 0.25) is 5.91 Å². The lowest BCUT2D eigenvalue weighted by molar-refractivity contribution is -0.137. The highest BCUT2D eigenvalue weighted by Gasteiger charge is 2.29. The Kier molecular flexibility index (Phi) is 4.93. The van der Waals surface area contributed by atoms with Crippen LogP contribution in [0.1, 0.15) is 17.5 Å². The van der Waals surface area contributed by atoms with E-state index in [9.17, 15) is 18.0 Å². The lowest BCUT2D eigenvalue weighted by atomic mass is 10.1. The quantitative estimate of drug-likeness (QED) is 0.844. The maximum Gasteiger partial charge on any atom is 0.416 e. The zero-order valence-corrected chi connectivity index (χ0v) is 10.4. The molecule has 6 heteroatoms. The largest absolute Gasteiger partial charge is 0.416 e. The van der Waals surface area contributed by atoms with Gasteiger partial charge in [0.25, 0.3) is 0 Å². The van der Waals surface area contributed by atoms with E-state index < -0.39 is 11.7 Å². The van der Waals surface area contributed by atoms with Crippen molar-refractivity contribution in [3.8, 4) is 6.07 Å². The molecule has 0 saturated carbocycles. The standard InChI is InChI=1S/C13H13F3N2O/c1-18(8-2-7-17)12(19)9-10-3-5-11(6-4-10)13(14,15)16/h3-6H,2,8-9H2,1H3. The second kappa shape index (κ2) is 6.23. The molecule has 19 heavy (non-hydrogen) atoms. The molecule has 0 N–H and O–H groups in total. The molecule has 1 aromatic rings. The van der Waals surface area contributed by atoms with Gasteiger partial charge in [-0.05, 0) is 17.7 Å². The minimum absolute atomic E-state index is 0.0278. The number of nitriles is 1. The molecule has 0 atom stereocenters. The van der Waals surface area contributed by atoms with Crippen LogP contribution in [-0.4, -0.2) is 24.4 Å². The van der Waals surface area contributed by atoms with E-state index in [0.29, 0.717) is 12.1 Å². The number of likely N-dealkylation sites (N-methyl/N-ethyl adjacent to an activating group) is 1. The number of nitrogens with zero attached hydrogens (tertiary/aromatic N) is 2. The second-order valence-electron chi connectivity index (χ2n) is 4.09. The summed E-state index contributed by atoms with van der Waals surface area (Å²) >= 11 is 0. The predicted octanol–water partition coefficient (Wildman–Crippen LogP) is 2.62. The molecule has 0 spiro atoms. The zero-order chi connectivity index (χ0) is 14.5. The predicted molar refractivity (Wildman–Crippen MR) is 63.0 cm³/mol. The van der Waals surface area contributed by atoms with Crippen LogP contribution in [0.3, 0.4) is 0 Å². The fourth-order valence-electron chi connectivity index (χ4n) is 1.46. The second-order valence-corrected chi connectivity index (χ2v) is 4.09. The molecule has 0 radical (unpaired) electrons. The van der Waals surface area contributed by atoms with Gasteiger partial charge in [-0.3, -0.25) is 4.79 Å². The van der Waals surface area contributed by atoms with Crippen molar-refractivity contribution >= 4 is 5.91 Å². The molecule has 1 aromatic carbocycles. The van der Waals surface area contributed by atoms with Gasteiger partial charge in [0, 0.05) is 13.6 Å². The highest BCUT2D eigenvalue weighted by atomic mass is 19.4. The van der Waals surface area contributed by atoms with Gasteiger partial charge < -0.3 is 4.90 Å². The highest BCUT2D eigenvalue weighted by molar-refractivity contribution is 5.78. The molecule has 102 valence electrons. The topological polar surface area (TPSA) is 44.1 Å².